The minimum Gasteiger partial charge on any atom is -0.496 e. The number of aromatic nitrogens is 2. The fourth-order valence-electron chi connectivity index (χ4n) is 4.82. The molecular formula is C27H25N3O3S. The molecule has 0 amide bonds. The molecule has 5 rings (SSSR count). The number of carbonyl (C=O) groups excluding carboxylic acids is 1. The second-order valence-corrected chi connectivity index (χ2v) is 9.58. The normalized spacial score (nSPS) is 16.0. The molecule has 6 nitrogen and oxygen atoms in total. The van der Waals surface area contributed by atoms with Crippen molar-refractivity contribution in [1.82, 2.24) is 9.55 Å². The third-order valence-corrected chi connectivity index (χ3v) is 7.28. The van der Waals surface area contributed by atoms with Crippen LogP contribution in [0.2, 0.25) is 0 Å². The number of Topliss-reactive ketones (excluding diaryl/α,β-unsaturated/α-hetero) is 1. The largest absolute Gasteiger partial charge is 0.496 e. The van der Waals surface area contributed by atoms with Gasteiger partial charge < -0.3 is 9.72 Å². The van der Waals surface area contributed by atoms with E-state index in [1.807, 2.05) is 69.3 Å². The molecular weight excluding hydrogens is 446 g/mol. The summed E-state index contributed by atoms with van der Waals surface area (Å²) in [4.78, 5) is 35.3. The van der Waals surface area contributed by atoms with Gasteiger partial charge in [-0.1, -0.05) is 41.7 Å². The van der Waals surface area contributed by atoms with E-state index in [-0.39, 0.29) is 11.3 Å². The molecule has 172 valence electrons. The summed E-state index contributed by atoms with van der Waals surface area (Å²) in [6.07, 6.45) is 1.90. The van der Waals surface area contributed by atoms with Crippen molar-refractivity contribution in [2.75, 3.05) is 7.11 Å². The van der Waals surface area contributed by atoms with E-state index in [4.69, 9.17) is 4.74 Å². The van der Waals surface area contributed by atoms with Crippen LogP contribution in [0.25, 0.3) is 16.8 Å². The lowest BCUT2D eigenvalue weighted by Gasteiger charge is -2.27. The van der Waals surface area contributed by atoms with Gasteiger partial charge in [0.25, 0.3) is 5.56 Å². The Bertz CT molecular complexity index is 1680. The smallest absolute Gasteiger partial charge is 0.271 e. The number of H-pyrrole nitrogens is 1. The van der Waals surface area contributed by atoms with Crippen LogP contribution in [-0.2, 0) is 4.79 Å². The number of aromatic amines is 1. The number of ether oxygens (including phenoxy) is 1. The predicted molar refractivity (Wildman–Crippen MR) is 135 cm³/mol. The number of nitrogens with one attached hydrogen (secondary N) is 1. The van der Waals surface area contributed by atoms with E-state index in [1.165, 1.54) is 18.3 Å². The van der Waals surface area contributed by atoms with Gasteiger partial charge in [0.1, 0.15) is 5.75 Å². The number of aryl methyl sites for hydroxylation is 2. The zero-order chi connectivity index (χ0) is 24.1. The number of allylic oxidation sites excluding steroid dienone is 2. The number of hydrogen-bond donors (Lipinski definition) is 1. The number of thiazole rings is 1. The first-order chi connectivity index (χ1) is 16.3. The Balaban J connectivity index is 1.88. The van der Waals surface area contributed by atoms with Crippen molar-refractivity contribution >= 4 is 34.0 Å². The molecule has 7 heteroatoms. The summed E-state index contributed by atoms with van der Waals surface area (Å²) in [7, 11) is 1.61. The number of hydrogen-bond acceptors (Lipinski definition) is 5. The van der Waals surface area contributed by atoms with Gasteiger partial charge >= 0.3 is 0 Å². The fraction of sp³-hybridized carbons (Fsp3) is 0.222. The first-order valence-electron chi connectivity index (χ1n) is 11.1. The van der Waals surface area contributed by atoms with Gasteiger partial charge in [-0.2, -0.15) is 0 Å². The molecule has 2 aromatic heterocycles. The van der Waals surface area contributed by atoms with E-state index in [2.05, 4.69) is 9.98 Å². The average Bonchev–Trinajstić information content (AvgIpc) is 3.28. The maximum Gasteiger partial charge on any atom is 0.271 e. The van der Waals surface area contributed by atoms with Crippen LogP contribution in [0.3, 0.4) is 0 Å². The van der Waals surface area contributed by atoms with Crippen molar-refractivity contribution < 1.29 is 9.53 Å². The van der Waals surface area contributed by atoms with Crippen molar-refractivity contribution in [2.24, 2.45) is 4.99 Å². The number of nitrogens with zero attached hydrogens (tertiary/aromatic N) is 2. The Kier molecular flexibility index (Phi) is 5.37. The topological polar surface area (TPSA) is 76.4 Å². The summed E-state index contributed by atoms with van der Waals surface area (Å²) in [6, 6.07) is 13.2. The Labute approximate surface area is 200 Å². The number of carbonyl (C=O) groups is 1. The van der Waals surface area contributed by atoms with Crippen LogP contribution in [-0.4, -0.2) is 22.4 Å². The molecule has 0 fully saturated rings. The van der Waals surface area contributed by atoms with Crippen molar-refractivity contribution in [3.8, 4) is 5.75 Å². The first-order valence-corrected chi connectivity index (χ1v) is 11.9. The molecule has 0 bridgehead atoms. The molecule has 1 aliphatic rings. The predicted octanol–water partition coefficient (Wildman–Crippen LogP) is 3.93. The lowest BCUT2D eigenvalue weighted by Crippen LogP contribution is -2.39. The van der Waals surface area contributed by atoms with Gasteiger partial charge in [0.05, 0.1) is 17.7 Å². The Morgan fingerprint density at radius 1 is 1.18 bits per heavy atom. The molecule has 0 saturated heterocycles. The van der Waals surface area contributed by atoms with Crippen molar-refractivity contribution in [3.05, 3.63) is 95.9 Å². The highest BCUT2D eigenvalue weighted by atomic mass is 32.1. The standard InChI is InChI=1S/C27H25N3O3S/c1-14-12-19(15(2)28-14)13-22-26(32)30-25(23(17(4)31)16(3)29-27(30)34-22)24-20-9-7-6-8-18(20)10-11-21(24)33-5/h6-13,25,28H,1-5H3/b22-13-/t25-/m1/s1. The lowest BCUT2D eigenvalue weighted by molar-refractivity contribution is -0.114. The van der Waals surface area contributed by atoms with Crippen molar-refractivity contribution in [1.29, 1.82) is 0 Å². The highest BCUT2D eigenvalue weighted by molar-refractivity contribution is 7.07. The third-order valence-electron chi connectivity index (χ3n) is 6.30. The Morgan fingerprint density at radius 2 is 1.94 bits per heavy atom. The van der Waals surface area contributed by atoms with Crippen LogP contribution in [0.4, 0.5) is 0 Å². The van der Waals surface area contributed by atoms with Gasteiger partial charge in [0.15, 0.2) is 10.6 Å². The molecule has 1 aliphatic heterocycles. The maximum absolute atomic E-state index is 13.8. The molecule has 2 aromatic carbocycles. The fourth-order valence-corrected chi connectivity index (χ4v) is 5.85. The summed E-state index contributed by atoms with van der Waals surface area (Å²) in [5.74, 6) is 0.511. The molecule has 1 N–H and O–H groups in total. The maximum atomic E-state index is 13.8. The molecule has 0 radical (unpaired) electrons. The van der Waals surface area contributed by atoms with E-state index < -0.39 is 6.04 Å². The van der Waals surface area contributed by atoms with E-state index in [0.29, 0.717) is 26.4 Å². The van der Waals surface area contributed by atoms with Gasteiger partial charge in [-0.25, -0.2) is 4.99 Å². The van der Waals surface area contributed by atoms with Crippen LogP contribution >= 0.6 is 11.3 Å². The Hall–Kier alpha value is -3.71. The van der Waals surface area contributed by atoms with E-state index in [9.17, 15) is 9.59 Å². The van der Waals surface area contributed by atoms with Crippen LogP contribution in [0.15, 0.2) is 63.5 Å². The van der Waals surface area contributed by atoms with Crippen LogP contribution in [0, 0.1) is 13.8 Å². The van der Waals surface area contributed by atoms with Crippen molar-refractivity contribution in [3.63, 3.8) is 0 Å². The van der Waals surface area contributed by atoms with E-state index in [1.54, 1.807) is 11.7 Å². The summed E-state index contributed by atoms with van der Waals surface area (Å²) in [5, 5.41) is 1.95. The van der Waals surface area contributed by atoms with Crippen LogP contribution < -0.4 is 19.6 Å². The van der Waals surface area contributed by atoms with Gasteiger partial charge in [0, 0.05) is 28.2 Å². The van der Waals surface area contributed by atoms with Gasteiger partial charge in [0.2, 0.25) is 0 Å². The summed E-state index contributed by atoms with van der Waals surface area (Å²) in [6.45, 7) is 7.33. The summed E-state index contributed by atoms with van der Waals surface area (Å²) >= 11 is 1.34. The number of ketones is 1. The molecule has 0 unspecified atom stereocenters. The number of fused-ring (bicyclic) bond motifs is 2. The molecule has 0 aliphatic carbocycles. The molecule has 1 atom stereocenters. The highest BCUT2D eigenvalue weighted by Gasteiger charge is 2.33. The zero-order valence-corrected chi connectivity index (χ0v) is 20.5. The van der Waals surface area contributed by atoms with Gasteiger partial charge in [-0.15, -0.1) is 0 Å². The minimum absolute atomic E-state index is 0.118. The monoisotopic (exact) mass is 471 g/mol. The van der Waals surface area contributed by atoms with Gasteiger partial charge in [-0.3, -0.25) is 14.2 Å². The average molecular weight is 472 g/mol. The SMILES string of the molecule is COc1ccc2ccccc2c1[C@H]1C(C(C)=O)=C(C)N=c2s/c(=C\c3cc(C)[nH]c3C)c(=O)n21. The lowest BCUT2D eigenvalue weighted by atomic mass is 9.89. The number of rotatable bonds is 4. The quantitative estimate of drug-likeness (QED) is 0.490. The van der Waals surface area contributed by atoms with Crippen LogP contribution in [0.5, 0.6) is 5.75 Å². The molecule has 3 heterocycles. The molecule has 0 saturated carbocycles. The molecule has 4 aromatic rings. The molecule has 34 heavy (non-hydrogen) atoms. The minimum atomic E-state index is -0.633. The second-order valence-electron chi connectivity index (χ2n) is 8.57. The Morgan fingerprint density at radius 3 is 2.62 bits per heavy atom. The zero-order valence-electron chi connectivity index (χ0n) is 19.7. The number of benzene rings is 2. The van der Waals surface area contributed by atoms with Crippen molar-refractivity contribution in [2.45, 2.75) is 33.7 Å². The van der Waals surface area contributed by atoms with E-state index >= 15 is 0 Å². The third kappa shape index (κ3) is 3.44. The summed E-state index contributed by atoms with van der Waals surface area (Å²) < 4.78 is 7.98. The summed E-state index contributed by atoms with van der Waals surface area (Å²) in [5.41, 5.74) is 4.73. The number of methoxy groups -OCH3 is 1. The first kappa shape index (κ1) is 22.1. The highest BCUT2D eigenvalue weighted by Crippen LogP contribution is 2.40. The second kappa shape index (κ2) is 8.25. The van der Waals surface area contributed by atoms with E-state index in [0.717, 1.165) is 33.3 Å². The molecule has 0 spiro atoms. The van der Waals surface area contributed by atoms with Gasteiger partial charge in [-0.05, 0) is 62.2 Å². The van der Waals surface area contributed by atoms with Crippen LogP contribution in [0.1, 0.15) is 42.4 Å².